The summed E-state index contributed by atoms with van der Waals surface area (Å²) in [5, 5.41) is 0.0211. The lowest BCUT2D eigenvalue weighted by Gasteiger charge is -2.35. The fourth-order valence-electron chi connectivity index (χ4n) is 1.29. The molecule has 0 fully saturated rings. The van der Waals surface area contributed by atoms with Crippen LogP contribution in [0.25, 0.3) is 0 Å². The summed E-state index contributed by atoms with van der Waals surface area (Å²) in [5.41, 5.74) is 0. The van der Waals surface area contributed by atoms with Crippen molar-refractivity contribution in [2.24, 2.45) is 0 Å². The first-order valence-corrected chi connectivity index (χ1v) is 6.24. The molecule has 0 saturated carbocycles. The third-order valence-electron chi connectivity index (χ3n) is 2.07. The number of hydrogen-bond acceptors (Lipinski definition) is 5. The zero-order valence-corrected chi connectivity index (χ0v) is 10.8. The van der Waals surface area contributed by atoms with Crippen LogP contribution >= 0.6 is 23.5 Å². The first-order chi connectivity index (χ1) is 6.83. The van der Waals surface area contributed by atoms with Gasteiger partial charge < -0.3 is 4.74 Å². The average Bonchev–Trinajstić information content (AvgIpc) is 1.99. The number of carbonyl (C=O) groups excluding carboxylic acids is 2. The highest BCUT2D eigenvalue weighted by Crippen LogP contribution is 2.48. The minimum atomic E-state index is -0.415. The molecule has 2 unspecified atom stereocenters. The van der Waals surface area contributed by atoms with Crippen molar-refractivity contribution in [3.05, 3.63) is 11.0 Å². The van der Waals surface area contributed by atoms with E-state index in [0.29, 0.717) is 0 Å². The van der Waals surface area contributed by atoms with Gasteiger partial charge in [-0.2, -0.15) is 0 Å². The van der Waals surface area contributed by atoms with Gasteiger partial charge in [0.2, 0.25) is 5.12 Å². The summed E-state index contributed by atoms with van der Waals surface area (Å²) < 4.78 is 4.71. The maximum atomic E-state index is 11.4. The molecule has 0 N–H and O–H groups in total. The van der Waals surface area contributed by atoms with Crippen LogP contribution in [0.15, 0.2) is 11.0 Å². The molecule has 2 atom stereocenters. The van der Waals surface area contributed by atoms with Gasteiger partial charge in [-0.3, -0.25) is 9.59 Å². The molecule has 0 aromatic heterocycles. The predicted molar refractivity (Wildman–Crippen MR) is 63.6 cm³/mol. The van der Waals surface area contributed by atoms with E-state index in [4.69, 9.17) is 4.74 Å². The quantitative estimate of drug-likeness (QED) is 0.701. The number of allylic oxidation sites excluding steroid dienone is 1. The van der Waals surface area contributed by atoms with Crippen molar-refractivity contribution >= 4 is 34.6 Å². The summed E-state index contributed by atoms with van der Waals surface area (Å²) in [6, 6.07) is 0. The Labute approximate surface area is 98.0 Å². The Morgan fingerprint density at radius 3 is 2.60 bits per heavy atom. The van der Waals surface area contributed by atoms with E-state index in [-0.39, 0.29) is 17.2 Å². The fourth-order valence-corrected chi connectivity index (χ4v) is 4.04. The van der Waals surface area contributed by atoms with Gasteiger partial charge in [0.1, 0.15) is 10.2 Å². The molecule has 15 heavy (non-hydrogen) atoms. The number of ether oxygens (including phenoxy) is 1. The lowest BCUT2D eigenvalue weighted by Crippen LogP contribution is -2.36. The molecular formula is C10H14O3S2. The van der Waals surface area contributed by atoms with Crippen LogP contribution in [0.5, 0.6) is 0 Å². The minimum Gasteiger partial charge on any atom is -0.460 e. The molecule has 1 aliphatic heterocycles. The summed E-state index contributed by atoms with van der Waals surface area (Å²) in [4.78, 5) is 23.2. The van der Waals surface area contributed by atoms with Gasteiger partial charge in [-0.25, -0.2) is 0 Å². The summed E-state index contributed by atoms with van der Waals surface area (Å²) in [6.07, 6.45) is 1.31. The summed E-state index contributed by atoms with van der Waals surface area (Å²) >= 11 is 2.78. The van der Waals surface area contributed by atoms with E-state index in [9.17, 15) is 9.59 Å². The van der Waals surface area contributed by atoms with E-state index in [1.54, 1.807) is 17.8 Å². The lowest BCUT2D eigenvalue weighted by molar-refractivity contribution is -0.145. The topological polar surface area (TPSA) is 43.4 Å². The van der Waals surface area contributed by atoms with Crippen molar-refractivity contribution in [2.75, 3.05) is 0 Å². The maximum Gasteiger partial charge on any atom is 0.302 e. The van der Waals surface area contributed by atoms with Crippen LogP contribution in [0, 0.1) is 0 Å². The molecule has 1 aliphatic rings. The minimum absolute atomic E-state index is 0.0211. The van der Waals surface area contributed by atoms with E-state index >= 15 is 0 Å². The number of carbonyl (C=O) groups is 2. The highest BCUT2D eigenvalue weighted by atomic mass is 32.2. The van der Waals surface area contributed by atoms with Crippen LogP contribution in [-0.4, -0.2) is 21.3 Å². The monoisotopic (exact) mass is 246 g/mol. The molecule has 0 spiro atoms. The van der Waals surface area contributed by atoms with Gasteiger partial charge >= 0.3 is 5.97 Å². The SMILES string of the molecule is CC(=O)OC(C)C1(C)SC(=O)C=C(C)S1. The molecule has 5 heteroatoms. The second-order valence-corrected chi connectivity index (χ2v) is 6.95. The Kier molecular flexibility index (Phi) is 3.89. The van der Waals surface area contributed by atoms with E-state index in [0.717, 1.165) is 4.91 Å². The number of thioether (sulfide) groups is 2. The smallest absolute Gasteiger partial charge is 0.302 e. The van der Waals surface area contributed by atoms with Crippen LogP contribution in [0.1, 0.15) is 27.7 Å². The Morgan fingerprint density at radius 2 is 2.13 bits per heavy atom. The van der Waals surface area contributed by atoms with Crippen LogP contribution < -0.4 is 0 Å². The van der Waals surface area contributed by atoms with Crippen LogP contribution in [0.3, 0.4) is 0 Å². The summed E-state index contributed by atoms with van der Waals surface area (Å²) in [7, 11) is 0. The van der Waals surface area contributed by atoms with Gasteiger partial charge in [0.05, 0.1) is 0 Å². The molecule has 0 aromatic carbocycles. The average molecular weight is 246 g/mol. The molecule has 0 bridgehead atoms. The third-order valence-corrected chi connectivity index (χ3v) is 4.80. The maximum absolute atomic E-state index is 11.4. The van der Waals surface area contributed by atoms with Crippen LogP contribution in [-0.2, 0) is 14.3 Å². The molecule has 0 radical (unpaired) electrons. The Bertz CT molecular complexity index is 325. The Morgan fingerprint density at radius 1 is 1.53 bits per heavy atom. The predicted octanol–water partition coefficient (Wildman–Crippen LogP) is 2.56. The van der Waals surface area contributed by atoms with Crippen LogP contribution in [0.2, 0.25) is 0 Å². The molecule has 1 heterocycles. The molecule has 0 amide bonds. The zero-order valence-electron chi connectivity index (χ0n) is 9.20. The van der Waals surface area contributed by atoms with Crippen molar-refractivity contribution in [3.8, 4) is 0 Å². The summed E-state index contributed by atoms with van der Waals surface area (Å²) in [6.45, 7) is 7.00. The van der Waals surface area contributed by atoms with Gasteiger partial charge in [-0.15, -0.1) is 11.8 Å². The highest BCUT2D eigenvalue weighted by molar-refractivity contribution is 8.28. The van der Waals surface area contributed by atoms with Crippen molar-refractivity contribution in [3.63, 3.8) is 0 Å². The van der Waals surface area contributed by atoms with Crippen molar-refractivity contribution in [1.29, 1.82) is 0 Å². The van der Waals surface area contributed by atoms with Gasteiger partial charge in [0, 0.05) is 13.0 Å². The normalized spacial score (nSPS) is 28.3. The van der Waals surface area contributed by atoms with Crippen molar-refractivity contribution in [1.82, 2.24) is 0 Å². The second-order valence-electron chi connectivity index (χ2n) is 3.55. The van der Waals surface area contributed by atoms with Gasteiger partial charge in [0.15, 0.2) is 0 Å². The van der Waals surface area contributed by atoms with Crippen molar-refractivity contribution in [2.45, 2.75) is 37.9 Å². The standard InChI is InChI=1S/C10H14O3S2/c1-6-5-9(12)15-10(4,14-6)7(2)13-8(3)11/h5,7H,1-4H3. The van der Waals surface area contributed by atoms with Gasteiger partial charge in [0.25, 0.3) is 0 Å². The molecule has 0 saturated heterocycles. The molecule has 3 nitrogen and oxygen atoms in total. The van der Waals surface area contributed by atoms with Gasteiger partial charge in [-0.05, 0) is 25.7 Å². The van der Waals surface area contributed by atoms with Crippen molar-refractivity contribution < 1.29 is 14.3 Å². The van der Waals surface area contributed by atoms with Crippen LogP contribution in [0.4, 0.5) is 0 Å². The number of rotatable bonds is 2. The molecule has 84 valence electrons. The Hall–Kier alpha value is -0.420. The number of hydrogen-bond donors (Lipinski definition) is 0. The fraction of sp³-hybridized carbons (Fsp3) is 0.600. The molecule has 0 aliphatic carbocycles. The highest BCUT2D eigenvalue weighted by Gasteiger charge is 2.39. The lowest BCUT2D eigenvalue weighted by atomic mass is 10.3. The molecule has 0 aromatic rings. The molecule has 1 rings (SSSR count). The zero-order chi connectivity index (χ0) is 11.6. The van der Waals surface area contributed by atoms with E-state index < -0.39 is 4.08 Å². The first-order valence-electron chi connectivity index (χ1n) is 4.61. The Balaban J connectivity index is 2.79. The van der Waals surface area contributed by atoms with E-state index in [2.05, 4.69) is 0 Å². The number of esters is 1. The third kappa shape index (κ3) is 3.28. The largest absolute Gasteiger partial charge is 0.460 e. The summed E-state index contributed by atoms with van der Waals surface area (Å²) in [5.74, 6) is -0.315. The van der Waals surface area contributed by atoms with Gasteiger partial charge in [-0.1, -0.05) is 11.8 Å². The van der Waals surface area contributed by atoms with E-state index in [1.165, 1.54) is 18.7 Å². The second kappa shape index (κ2) is 4.61. The molecular weight excluding hydrogens is 232 g/mol. The van der Waals surface area contributed by atoms with E-state index in [1.807, 2.05) is 20.8 Å². The first kappa shape index (κ1) is 12.6.